The molecule has 2 amide bonds. The van der Waals surface area contributed by atoms with E-state index in [4.69, 9.17) is 23.2 Å². The molecular weight excluding hydrogens is 259 g/mol. The van der Waals surface area contributed by atoms with E-state index >= 15 is 0 Å². The van der Waals surface area contributed by atoms with Crippen LogP contribution in [0.25, 0.3) is 0 Å². The van der Waals surface area contributed by atoms with Gasteiger partial charge in [-0.25, -0.2) is 4.79 Å². The van der Waals surface area contributed by atoms with Gasteiger partial charge in [0.05, 0.1) is 16.1 Å². The van der Waals surface area contributed by atoms with Crippen molar-refractivity contribution in [1.29, 1.82) is 0 Å². The molecule has 0 aliphatic heterocycles. The van der Waals surface area contributed by atoms with Crippen molar-refractivity contribution in [1.82, 2.24) is 10.6 Å². The second-order valence-electron chi connectivity index (χ2n) is 4.29. The Morgan fingerprint density at radius 2 is 2.06 bits per heavy atom. The lowest BCUT2D eigenvalue weighted by atomic mass is 10.1. The first-order chi connectivity index (χ1) is 8.06. The number of urea groups is 1. The number of benzene rings is 1. The Hall–Kier alpha value is -0.930. The third-order valence-electron chi connectivity index (χ3n) is 2.70. The van der Waals surface area contributed by atoms with Crippen LogP contribution in [0.15, 0.2) is 18.2 Å². The molecule has 0 heterocycles. The molecule has 3 nitrogen and oxygen atoms in total. The maximum Gasteiger partial charge on any atom is 0.315 e. The number of carbonyl (C=O) groups is 1. The minimum Gasteiger partial charge on any atom is -0.335 e. The van der Waals surface area contributed by atoms with E-state index in [1.54, 1.807) is 12.1 Å². The number of amides is 2. The van der Waals surface area contributed by atoms with Gasteiger partial charge >= 0.3 is 6.03 Å². The van der Waals surface area contributed by atoms with Crippen molar-refractivity contribution in [3.05, 3.63) is 33.8 Å². The zero-order valence-corrected chi connectivity index (χ0v) is 11.0. The van der Waals surface area contributed by atoms with Crippen LogP contribution in [0.1, 0.15) is 31.4 Å². The molecule has 1 aliphatic carbocycles. The van der Waals surface area contributed by atoms with Gasteiger partial charge in [0, 0.05) is 6.04 Å². The van der Waals surface area contributed by atoms with E-state index in [2.05, 4.69) is 10.6 Å². The molecule has 2 N–H and O–H groups in total. The Bertz CT molecular complexity index is 433. The van der Waals surface area contributed by atoms with Gasteiger partial charge in [0.2, 0.25) is 0 Å². The molecule has 1 atom stereocenters. The Kier molecular flexibility index (Phi) is 3.79. The lowest BCUT2D eigenvalue weighted by molar-refractivity contribution is 0.237. The fraction of sp³-hybridized carbons (Fsp3) is 0.417. The van der Waals surface area contributed by atoms with Crippen molar-refractivity contribution in [3.8, 4) is 0 Å². The lowest BCUT2D eigenvalue weighted by Crippen LogP contribution is -2.38. The van der Waals surface area contributed by atoms with Gasteiger partial charge < -0.3 is 10.6 Å². The molecule has 17 heavy (non-hydrogen) atoms. The SMILES string of the molecule is CC(NC(=O)NC1CC1)c1ccc(Cl)c(Cl)c1. The molecule has 1 fully saturated rings. The Morgan fingerprint density at radius 1 is 1.35 bits per heavy atom. The van der Waals surface area contributed by atoms with Gasteiger partial charge in [0.15, 0.2) is 0 Å². The maximum absolute atomic E-state index is 11.5. The smallest absolute Gasteiger partial charge is 0.315 e. The van der Waals surface area contributed by atoms with Crippen molar-refractivity contribution >= 4 is 29.2 Å². The lowest BCUT2D eigenvalue weighted by Gasteiger charge is -2.15. The van der Waals surface area contributed by atoms with Gasteiger partial charge in [-0.05, 0) is 37.5 Å². The zero-order valence-electron chi connectivity index (χ0n) is 9.47. The van der Waals surface area contributed by atoms with Crippen LogP contribution >= 0.6 is 23.2 Å². The largest absolute Gasteiger partial charge is 0.335 e. The number of carbonyl (C=O) groups excluding carboxylic acids is 1. The fourth-order valence-electron chi connectivity index (χ4n) is 1.52. The summed E-state index contributed by atoms with van der Waals surface area (Å²) in [7, 11) is 0. The number of halogens is 2. The molecule has 1 aromatic rings. The molecule has 1 saturated carbocycles. The van der Waals surface area contributed by atoms with E-state index in [-0.39, 0.29) is 12.1 Å². The first kappa shape index (κ1) is 12.5. The van der Waals surface area contributed by atoms with Crippen LogP contribution in [-0.4, -0.2) is 12.1 Å². The highest BCUT2D eigenvalue weighted by Crippen LogP contribution is 2.25. The highest BCUT2D eigenvalue weighted by Gasteiger charge is 2.23. The van der Waals surface area contributed by atoms with E-state index in [0.717, 1.165) is 18.4 Å². The van der Waals surface area contributed by atoms with Crippen LogP contribution in [0, 0.1) is 0 Å². The van der Waals surface area contributed by atoms with Crippen LogP contribution in [0.3, 0.4) is 0 Å². The third kappa shape index (κ3) is 3.51. The van der Waals surface area contributed by atoms with Crippen molar-refractivity contribution in [2.75, 3.05) is 0 Å². The minimum absolute atomic E-state index is 0.0940. The first-order valence-corrected chi connectivity index (χ1v) is 6.34. The molecule has 0 radical (unpaired) electrons. The minimum atomic E-state index is -0.133. The Labute approximate surface area is 110 Å². The van der Waals surface area contributed by atoms with Crippen molar-refractivity contribution < 1.29 is 4.79 Å². The van der Waals surface area contributed by atoms with Crippen LogP contribution in [0.2, 0.25) is 10.0 Å². The summed E-state index contributed by atoms with van der Waals surface area (Å²) in [6, 6.07) is 5.49. The van der Waals surface area contributed by atoms with Gasteiger partial charge in [-0.2, -0.15) is 0 Å². The molecule has 2 rings (SSSR count). The van der Waals surface area contributed by atoms with Crippen LogP contribution < -0.4 is 10.6 Å². The molecular formula is C12H14Cl2N2O. The summed E-state index contributed by atoms with van der Waals surface area (Å²) in [5.74, 6) is 0. The summed E-state index contributed by atoms with van der Waals surface area (Å²) in [5.41, 5.74) is 0.936. The van der Waals surface area contributed by atoms with Crippen LogP contribution in [0.4, 0.5) is 4.79 Å². The topological polar surface area (TPSA) is 41.1 Å². The molecule has 1 unspecified atom stereocenters. The molecule has 0 spiro atoms. The van der Waals surface area contributed by atoms with Crippen molar-refractivity contribution in [3.63, 3.8) is 0 Å². The highest BCUT2D eigenvalue weighted by molar-refractivity contribution is 6.42. The van der Waals surface area contributed by atoms with Gasteiger partial charge in [-0.1, -0.05) is 29.3 Å². The van der Waals surface area contributed by atoms with E-state index in [9.17, 15) is 4.79 Å². The quantitative estimate of drug-likeness (QED) is 0.869. The summed E-state index contributed by atoms with van der Waals surface area (Å²) in [6.07, 6.45) is 2.16. The fourth-order valence-corrected chi connectivity index (χ4v) is 1.82. The molecule has 5 heteroatoms. The summed E-state index contributed by atoms with van der Waals surface area (Å²) in [5, 5.41) is 6.75. The van der Waals surface area contributed by atoms with Gasteiger partial charge in [-0.15, -0.1) is 0 Å². The number of rotatable bonds is 3. The molecule has 1 aromatic carbocycles. The van der Waals surface area contributed by atoms with Crippen LogP contribution in [-0.2, 0) is 0 Å². The van der Waals surface area contributed by atoms with E-state index in [1.807, 2.05) is 13.0 Å². The van der Waals surface area contributed by atoms with E-state index in [0.29, 0.717) is 16.1 Å². The highest BCUT2D eigenvalue weighted by atomic mass is 35.5. The van der Waals surface area contributed by atoms with Crippen molar-refractivity contribution in [2.24, 2.45) is 0 Å². The Balaban J connectivity index is 1.95. The Morgan fingerprint density at radius 3 is 2.65 bits per heavy atom. The number of hydrogen-bond acceptors (Lipinski definition) is 1. The van der Waals surface area contributed by atoms with Crippen LogP contribution in [0.5, 0.6) is 0 Å². The van der Waals surface area contributed by atoms with E-state index in [1.165, 1.54) is 0 Å². The molecule has 0 bridgehead atoms. The van der Waals surface area contributed by atoms with Gasteiger partial charge in [0.25, 0.3) is 0 Å². The normalized spacial score (nSPS) is 16.4. The summed E-state index contributed by atoms with van der Waals surface area (Å²) < 4.78 is 0. The third-order valence-corrected chi connectivity index (χ3v) is 3.44. The van der Waals surface area contributed by atoms with E-state index < -0.39 is 0 Å². The average molecular weight is 273 g/mol. The van der Waals surface area contributed by atoms with Crippen molar-refractivity contribution in [2.45, 2.75) is 31.8 Å². The maximum atomic E-state index is 11.5. The predicted molar refractivity (Wildman–Crippen MR) is 69.6 cm³/mol. The number of hydrogen-bond donors (Lipinski definition) is 2. The standard InChI is InChI=1S/C12H14Cl2N2O/c1-7(15-12(17)16-9-3-4-9)8-2-5-10(13)11(14)6-8/h2,5-7,9H,3-4H2,1H3,(H2,15,16,17). The number of nitrogens with one attached hydrogen (secondary N) is 2. The van der Waals surface area contributed by atoms with Gasteiger partial charge in [0.1, 0.15) is 0 Å². The summed E-state index contributed by atoms with van der Waals surface area (Å²) in [6.45, 7) is 1.91. The van der Waals surface area contributed by atoms with Gasteiger partial charge in [-0.3, -0.25) is 0 Å². The molecule has 0 saturated heterocycles. The first-order valence-electron chi connectivity index (χ1n) is 5.58. The predicted octanol–water partition coefficient (Wildman–Crippen LogP) is 3.52. The molecule has 1 aliphatic rings. The second kappa shape index (κ2) is 5.15. The monoisotopic (exact) mass is 272 g/mol. The summed E-state index contributed by atoms with van der Waals surface area (Å²) in [4.78, 5) is 11.5. The zero-order chi connectivity index (χ0) is 12.4. The average Bonchev–Trinajstić information content (AvgIpc) is 3.05. The summed E-state index contributed by atoms with van der Waals surface area (Å²) >= 11 is 11.8. The molecule has 92 valence electrons. The second-order valence-corrected chi connectivity index (χ2v) is 5.10. The molecule has 0 aromatic heterocycles.